The Morgan fingerprint density at radius 2 is 0.797 bits per heavy atom. The van der Waals surface area contributed by atoms with Gasteiger partial charge in [0.15, 0.2) is 0 Å². The van der Waals surface area contributed by atoms with Crippen LogP contribution in [-0.4, -0.2) is 4.57 Å². The van der Waals surface area contributed by atoms with Crippen LogP contribution in [0.5, 0.6) is 0 Å². The zero-order valence-electron chi connectivity index (χ0n) is 34.7. The summed E-state index contributed by atoms with van der Waals surface area (Å²) in [6.07, 6.45) is 0. The first-order valence-electron chi connectivity index (χ1n) is 22.1. The van der Waals surface area contributed by atoms with Crippen LogP contribution in [0.4, 0.5) is 17.1 Å². The minimum Gasteiger partial charge on any atom is -0.310 e. The molecule has 3 heteroatoms. The van der Waals surface area contributed by atoms with Crippen molar-refractivity contribution in [1.29, 1.82) is 0 Å². The highest BCUT2D eigenvalue weighted by Crippen LogP contribution is 2.63. The lowest BCUT2D eigenvalue weighted by molar-refractivity contribution is 0.793. The molecule has 2 aromatic heterocycles. The molecule has 0 unspecified atom stereocenters. The predicted octanol–water partition coefficient (Wildman–Crippen LogP) is 16.6. The lowest BCUT2D eigenvalue weighted by Crippen LogP contribution is -2.26. The summed E-state index contributed by atoms with van der Waals surface area (Å²) in [6.45, 7) is 0. The van der Waals surface area contributed by atoms with E-state index in [1.165, 1.54) is 103 Å². The Kier molecular flexibility index (Phi) is 7.51. The molecule has 64 heavy (non-hydrogen) atoms. The first-order chi connectivity index (χ1) is 31.7. The molecule has 0 bridgehead atoms. The predicted molar refractivity (Wildman–Crippen MR) is 270 cm³/mol. The van der Waals surface area contributed by atoms with Crippen LogP contribution in [0.25, 0.3) is 81.0 Å². The average molecular weight is 831 g/mol. The van der Waals surface area contributed by atoms with Gasteiger partial charge < -0.3 is 9.47 Å². The minimum absolute atomic E-state index is 0.429. The Morgan fingerprint density at radius 1 is 0.328 bits per heavy atom. The summed E-state index contributed by atoms with van der Waals surface area (Å²) in [5, 5.41) is 5.11. The Hall–Kier alpha value is -7.98. The van der Waals surface area contributed by atoms with E-state index < -0.39 is 5.41 Å². The van der Waals surface area contributed by atoms with Crippen LogP contribution in [-0.2, 0) is 5.41 Å². The van der Waals surface area contributed by atoms with Gasteiger partial charge in [0.25, 0.3) is 0 Å². The fourth-order valence-electron chi connectivity index (χ4n) is 11.3. The number of nitrogens with zero attached hydrogens (tertiary/aromatic N) is 2. The van der Waals surface area contributed by atoms with Gasteiger partial charge in [-0.3, -0.25) is 0 Å². The van der Waals surface area contributed by atoms with Crippen molar-refractivity contribution < 1.29 is 0 Å². The highest BCUT2D eigenvalue weighted by Gasteiger charge is 2.51. The zero-order chi connectivity index (χ0) is 41.9. The van der Waals surface area contributed by atoms with E-state index in [4.69, 9.17) is 0 Å². The molecule has 0 saturated heterocycles. The second-order valence-corrected chi connectivity index (χ2v) is 18.3. The molecular formula is C61H38N2S. The Labute approximate surface area is 375 Å². The quantitative estimate of drug-likeness (QED) is 0.168. The van der Waals surface area contributed by atoms with Crippen molar-refractivity contribution in [2.24, 2.45) is 0 Å². The monoisotopic (exact) mass is 830 g/mol. The van der Waals surface area contributed by atoms with Gasteiger partial charge in [-0.2, -0.15) is 0 Å². The maximum Gasteiger partial charge on any atom is 0.0726 e. The van der Waals surface area contributed by atoms with Gasteiger partial charge in [0.1, 0.15) is 0 Å². The molecule has 2 aliphatic carbocycles. The third kappa shape index (κ3) is 4.90. The fourth-order valence-corrected chi connectivity index (χ4v) is 12.5. The Bertz CT molecular complexity index is 3740. The summed E-state index contributed by atoms with van der Waals surface area (Å²) in [5.41, 5.74) is 19.6. The molecule has 0 aliphatic heterocycles. The molecule has 0 N–H and O–H groups in total. The number of hydrogen-bond donors (Lipinski definition) is 0. The lowest BCUT2D eigenvalue weighted by Gasteiger charge is -2.32. The summed E-state index contributed by atoms with van der Waals surface area (Å²) >= 11 is 1.88. The number of rotatable bonds is 5. The molecule has 2 nitrogen and oxygen atoms in total. The molecule has 2 heterocycles. The van der Waals surface area contributed by atoms with Gasteiger partial charge in [0.05, 0.1) is 16.4 Å². The second kappa shape index (κ2) is 13.5. The van der Waals surface area contributed by atoms with E-state index in [0.29, 0.717) is 0 Å². The molecule has 0 radical (unpaired) electrons. The topological polar surface area (TPSA) is 8.17 Å². The van der Waals surface area contributed by atoms with Crippen molar-refractivity contribution in [3.8, 4) is 39.1 Å². The summed E-state index contributed by atoms with van der Waals surface area (Å²) < 4.78 is 4.96. The van der Waals surface area contributed by atoms with Gasteiger partial charge >= 0.3 is 0 Å². The van der Waals surface area contributed by atoms with Crippen LogP contribution in [0.3, 0.4) is 0 Å². The molecule has 10 aromatic carbocycles. The van der Waals surface area contributed by atoms with Crippen LogP contribution in [0, 0.1) is 0 Å². The van der Waals surface area contributed by atoms with Crippen molar-refractivity contribution in [1.82, 2.24) is 4.57 Å². The molecule has 298 valence electrons. The number of benzene rings is 10. The molecule has 0 atom stereocenters. The molecule has 0 amide bonds. The van der Waals surface area contributed by atoms with E-state index in [1.807, 2.05) is 11.3 Å². The number of para-hydroxylation sites is 2. The number of thiophene rings is 1. The molecule has 2 aliphatic rings. The lowest BCUT2D eigenvalue weighted by atomic mass is 9.70. The summed E-state index contributed by atoms with van der Waals surface area (Å²) in [5.74, 6) is 0. The third-order valence-electron chi connectivity index (χ3n) is 14.0. The maximum atomic E-state index is 2.49. The highest BCUT2D eigenvalue weighted by atomic mass is 32.1. The summed E-state index contributed by atoms with van der Waals surface area (Å²) in [4.78, 5) is 2.46. The molecule has 1 spiro atoms. The molecule has 0 fully saturated rings. The minimum atomic E-state index is -0.429. The maximum absolute atomic E-state index is 2.49. The third-order valence-corrected chi connectivity index (χ3v) is 15.1. The summed E-state index contributed by atoms with van der Waals surface area (Å²) in [6, 6.07) is 85.7. The number of fused-ring (bicyclic) bond motifs is 16. The standard InChI is InChI=1S/C61H38N2S/c1-2-14-39(15-3-1)40-26-28-41(29-27-40)62(42-30-33-48-47-18-6-11-23-55(47)61(56(48)36-42)53-21-9-4-16-45(53)46-17-5-10-22-54(46)61)43-31-34-51-52-35-32-44(38-60(52)64-59(51)37-43)63-57-24-12-7-19-49(57)50-20-8-13-25-58(50)63/h1-38H. The van der Waals surface area contributed by atoms with Gasteiger partial charge in [-0.05, 0) is 116 Å². The van der Waals surface area contributed by atoms with Crippen molar-refractivity contribution in [3.05, 3.63) is 253 Å². The van der Waals surface area contributed by atoms with Crippen LogP contribution in [0.15, 0.2) is 231 Å². The van der Waals surface area contributed by atoms with E-state index in [0.717, 1.165) is 17.1 Å². The van der Waals surface area contributed by atoms with Gasteiger partial charge in [0.2, 0.25) is 0 Å². The van der Waals surface area contributed by atoms with Crippen molar-refractivity contribution in [3.63, 3.8) is 0 Å². The first kappa shape index (κ1) is 35.6. The van der Waals surface area contributed by atoms with Gasteiger partial charge in [0, 0.05) is 53.7 Å². The molecule has 14 rings (SSSR count). The average Bonchev–Trinajstić information content (AvgIpc) is 4.08. The van der Waals surface area contributed by atoms with E-state index in [-0.39, 0.29) is 0 Å². The van der Waals surface area contributed by atoms with Crippen molar-refractivity contribution in [2.75, 3.05) is 4.90 Å². The van der Waals surface area contributed by atoms with E-state index >= 15 is 0 Å². The molecule has 0 saturated carbocycles. The van der Waals surface area contributed by atoms with Gasteiger partial charge in [-0.1, -0.05) is 170 Å². The van der Waals surface area contributed by atoms with Crippen LogP contribution in [0.2, 0.25) is 0 Å². The largest absolute Gasteiger partial charge is 0.310 e. The molecule has 12 aromatic rings. The number of aromatic nitrogens is 1. The van der Waals surface area contributed by atoms with Crippen LogP contribution < -0.4 is 4.90 Å². The first-order valence-corrected chi connectivity index (χ1v) is 22.9. The smallest absolute Gasteiger partial charge is 0.0726 e. The highest BCUT2D eigenvalue weighted by molar-refractivity contribution is 7.25. The van der Waals surface area contributed by atoms with E-state index in [2.05, 4.69) is 240 Å². The zero-order valence-corrected chi connectivity index (χ0v) is 35.6. The number of anilines is 3. The van der Waals surface area contributed by atoms with Gasteiger partial charge in [-0.25, -0.2) is 0 Å². The van der Waals surface area contributed by atoms with Crippen LogP contribution >= 0.6 is 11.3 Å². The van der Waals surface area contributed by atoms with E-state index in [9.17, 15) is 0 Å². The Morgan fingerprint density at radius 3 is 1.44 bits per heavy atom. The number of hydrogen-bond acceptors (Lipinski definition) is 2. The fraction of sp³-hybridized carbons (Fsp3) is 0.0164. The SMILES string of the molecule is c1ccc(-c2ccc(N(c3ccc4c(c3)C3(c5ccccc5-c5ccccc53)c3ccccc3-4)c3ccc4c(c3)sc3cc(-n5c6ccccc6c6ccccc65)ccc34)cc2)cc1. The molecular weight excluding hydrogens is 793 g/mol. The normalized spacial score (nSPS) is 13.1. The van der Waals surface area contributed by atoms with E-state index in [1.54, 1.807) is 0 Å². The van der Waals surface area contributed by atoms with Gasteiger partial charge in [-0.15, -0.1) is 11.3 Å². The van der Waals surface area contributed by atoms with Crippen LogP contribution in [0.1, 0.15) is 22.3 Å². The Balaban J connectivity index is 0.962. The second-order valence-electron chi connectivity index (χ2n) is 17.2. The van der Waals surface area contributed by atoms with Crippen molar-refractivity contribution in [2.45, 2.75) is 5.41 Å². The summed E-state index contributed by atoms with van der Waals surface area (Å²) in [7, 11) is 0. The van der Waals surface area contributed by atoms with Crippen molar-refractivity contribution >= 4 is 70.4 Å².